The lowest BCUT2D eigenvalue weighted by Crippen LogP contribution is -2.45. The Labute approximate surface area is 172 Å². The van der Waals surface area contributed by atoms with Crippen molar-refractivity contribution in [2.24, 2.45) is 0 Å². The molecule has 0 bridgehead atoms. The summed E-state index contributed by atoms with van der Waals surface area (Å²) in [5.74, 6) is -0.415. The van der Waals surface area contributed by atoms with Gasteiger partial charge in [0.2, 0.25) is 15.9 Å². The lowest BCUT2D eigenvalue weighted by molar-refractivity contribution is -0.116. The Bertz CT molecular complexity index is 1000. The number of nitriles is 1. The van der Waals surface area contributed by atoms with E-state index in [9.17, 15) is 13.2 Å². The van der Waals surface area contributed by atoms with Crippen molar-refractivity contribution in [1.29, 1.82) is 5.26 Å². The molecule has 1 saturated carbocycles. The van der Waals surface area contributed by atoms with Gasteiger partial charge >= 0.3 is 0 Å². The second-order valence-electron chi connectivity index (χ2n) is 7.40. The molecule has 0 saturated heterocycles. The van der Waals surface area contributed by atoms with Gasteiger partial charge in [-0.1, -0.05) is 43.0 Å². The molecule has 2 aromatic rings. The molecule has 0 radical (unpaired) electrons. The number of nitrogens with one attached hydrogen (secondary N) is 1. The molecule has 0 atom stereocenters. The Kier molecular flexibility index (Phi) is 6.68. The van der Waals surface area contributed by atoms with Crippen molar-refractivity contribution in [2.45, 2.75) is 50.0 Å². The predicted molar refractivity (Wildman–Crippen MR) is 112 cm³/mol. The molecule has 7 heteroatoms. The Morgan fingerprint density at radius 2 is 1.83 bits per heavy atom. The van der Waals surface area contributed by atoms with Crippen molar-refractivity contribution < 1.29 is 13.2 Å². The van der Waals surface area contributed by atoms with Gasteiger partial charge in [0.1, 0.15) is 0 Å². The Morgan fingerprint density at radius 3 is 2.48 bits per heavy atom. The molecule has 0 aliphatic heterocycles. The summed E-state index contributed by atoms with van der Waals surface area (Å²) >= 11 is 0. The molecule has 1 aliphatic carbocycles. The Hall–Kier alpha value is -2.69. The number of benzene rings is 2. The highest BCUT2D eigenvalue weighted by Gasteiger charge is 2.33. The van der Waals surface area contributed by atoms with Crippen LogP contribution in [0, 0.1) is 18.3 Å². The van der Waals surface area contributed by atoms with E-state index in [0.717, 1.165) is 37.7 Å². The molecule has 1 N–H and O–H groups in total. The molecule has 0 aromatic heterocycles. The van der Waals surface area contributed by atoms with Gasteiger partial charge in [0.05, 0.1) is 23.1 Å². The van der Waals surface area contributed by atoms with E-state index in [4.69, 9.17) is 5.26 Å². The molecule has 29 heavy (non-hydrogen) atoms. The summed E-state index contributed by atoms with van der Waals surface area (Å²) < 4.78 is 28.0. The van der Waals surface area contributed by atoms with Crippen molar-refractivity contribution in [3.8, 4) is 6.07 Å². The number of carbonyl (C=O) groups excluding carboxylic acids is 1. The number of sulfonamides is 1. The highest BCUT2D eigenvalue weighted by Crippen LogP contribution is 2.28. The van der Waals surface area contributed by atoms with E-state index in [2.05, 4.69) is 5.32 Å². The first-order valence-corrected chi connectivity index (χ1v) is 11.2. The zero-order chi connectivity index (χ0) is 20.9. The molecule has 0 unspecified atom stereocenters. The number of aryl methyl sites for hydroxylation is 1. The lowest BCUT2D eigenvalue weighted by atomic mass is 9.95. The van der Waals surface area contributed by atoms with E-state index in [0.29, 0.717) is 11.3 Å². The van der Waals surface area contributed by atoms with Gasteiger partial charge in [-0.15, -0.1) is 0 Å². The second kappa shape index (κ2) is 9.21. The quantitative estimate of drug-likeness (QED) is 0.782. The number of amides is 1. The fourth-order valence-corrected chi connectivity index (χ4v) is 5.27. The monoisotopic (exact) mass is 411 g/mol. The zero-order valence-electron chi connectivity index (χ0n) is 16.5. The van der Waals surface area contributed by atoms with Crippen LogP contribution in [0.1, 0.15) is 43.2 Å². The molecule has 2 aromatic carbocycles. The predicted octanol–water partition coefficient (Wildman–Crippen LogP) is 3.83. The summed E-state index contributed by atoms with van der Waals surface area (Å²) in [7, 11) is -3.80. The third-order valence-corrected chi connectivity index (χ3v) is 7.10. The molecule has 3 rings (SSSR count). The summed E-state index contributed by atoms with van der Waals surface area (Å²) in [6.45, 7) is 1.65. The first kappa shape index (κ1) is 21.0. The molecular weight excluding hydrogens is 386 g/mol. The van der Waals surface area contributed by atoms with Crippen LogP contribution in [0.15, 0.2) is 53.4 Å². The van der Waals surface area contributed by atoms with E-state index >= 15 is 0 Å². The van der Waals surface area contributed by atoms with Crippen LogP contribution in [-0.4, -0.2) is 31.2 Å². The topological polar surface area (TPSA) is 90.3 Å². The van der Waals surface area contributed by atoms with Gasteiger partial charge in [-0.05, 0) is 50.1 Å². The van der Waals surface area contributed by atoms with E-state index in [1.165, 1.54) is 4.31 Å². The van der Waals surface area contributed by atoms with Crippen LogP contribution >= 0.6 is 0 Å². The van der Waals surface area contributed by atoms with Gasteiger partial charge in [-0.3, -0.25) is 4.79 Å². The second-order valence-corrected chi connectivity index (χ2v) is 9.29. The van der Waals surface area contributed by atoms with Crippen molar-refractivity contribution in [2.75, 3.05) is 11.9 Å². The smallest absolute Gasteiger partial charge is 0.243 e. The van der Waals surface area contributed by atoms with E-state index in [1.807, 2.05) is 13.0 Å². The Balaban J connectivity index is 1.84. The van der Waals surface area contributed by atoms with Crippen molar-refractivity contribution in [3.05, 3.63) is 59.7 Å². The normalized spacial score (nSPS) is 15.1. The summed E-state index contributed by atoms with van der Waals surface area (Å²) in [4.78, 5) is 12.9. The maximum Gasteiger partial charge on any atom is 0.243 e. The van der Waals surface area contributed by atoms with Crippen molar-refractivity contribution in [3.63, 3.8) is 0 Å². The fraction of sp³-hybridized carbons (Fsp3) is 0.364. The summed E-state index contributed by atoms with van der Waals surface area (Å²) in [5.41, 5.74) is 1.88. The number of rotatable bonds is 6. The molecule has 0 spiro atoms. The SMILES string of the molecule is Cc1ccc(S(=O)(=O)N(CC(=O)Nc2cccc(C#N)c2)C2CCCCC2)cc1. The summed E-state index contributed by atoms with van der Waals surface area (Å²) in [5, 5.41) is 11.7. The van der Waals surface area contributed by atoms with Crippen molar-refractivity contribution in [1.82, 2.24) is 4.31 Å². The zero-order valence-corrected chi connectivity index (χ0v) is 17.3. The average molecular weight is 412 g/mol. The number of nitrogens with zero attached hydrogens (tertiary/aromatic N) is 2. The maximum absolute atomic E-state index is 13.3. The molecule has 1 fully saturated rings. The highest BCUT2D eigenvalue weighted by atomic mass is 32.2. The molecule has 0 heterocycles. The van der Waals surface area contributed by atoms with E-state index < -0.39 is 15.9 Å². The number of anilines is 1. The standard InChI is InChI=1S/C22H25N3O3S/c1-17-10-12-21(13-11-17)29(27,28)25(20-8-3-2-4-9-20)16-22(26)24-19-7-5-6-18(14-19)15-23/h5-7,10-14,20H,2-4,8-9,16H2,1H3,(H,24,26). The van der Waals surface area contributed by atoms with Crippen LogP contribution in [0.2, 0.25) is 0 Å². The van der Waals surface area contributed by atoms with Crippen LogP contribution in [-0.2, 0) is 14.8 Å². The van der Waals surface area contributed by atoms with Crippen molar-refractivity contribution >= 4 is 21.6 Å². The van der Waals surface area contributed by atoms with Gasteiger partial charge in [-0.2, -0.15) is 9.57 Å². The Morgan fingerprint density at radius 1 is 1.14 bits per heavy atom. The molecule has 1 amide bonds. The average Bonchev–Trinajstić information content (AvgIpc) is 2.73. The van der Waals surface area contributed by atoms with E-state index in [1.54, 1.807) is 48.5 Å². The summed E-state index contributed by atoms with van der Waals surface area (Å²) in [6.07, 6.45) is 4.50. The minimum absolute atomic E-state index is 0.189. The van der Waals surface area contributed by atoms with Gasteiger partial charge in [-0.25, -0.2) is 8.42 Å². The fourth-order valence-electron chi connectivity index (χ4n) is 3.63. The maximum atomic E-state index is 13.3. The van der Waals surface area contributed by atoms with Crippen LogP contribution < -0.4 is 5.32 Å². The largest absolute Gasteiger partial charge is 0.325 e. The third kappa shape index (κ3) is 5.22. The molecule has 6 nitrogen and oxygen atoms in total. The third-order valence-electron chi connectivity index (χ3n) is 5.18. The number of hydrogen-bond acceptors (Lipinski definition) is 4. The van der Waals surface area contributed by atoms with Crippen LogP contribution in [0.4, 0.5) is 5.69 Å². The number of carbonyl (C=O) groups is 1. The lowest BCUT2D eigenvalue weighted by Gasteiger charge is -2.33. The van der Waals surface area contributed by atoms with Gasteiger partial charge in [0, 0.05) is 11.7 Å². The van der Waals surface area contributed by atoms with Gasteiger partial charge in [0.15, 0.2) is 0 Å². The van der Waals surface area contributed by atoms with Crippen LogP contribution in [0.3, 0.4) is 0 Å². The van der Waals surface area contributed by atoms with Gasteiger partial charge < -0.3 is 5.32 Å². The van der Waals surface area contributed by atoms with Crippen LogP contribution in [0.5, 0.6) is 0 Å². The molecular formula is C22H25N3O3S. The molecule has 1 aliphatic rings. The highest BCUT2D eigenvalue weighted by molar-refractivity contribution is 7.89. The minimum atomic E-state index is -3.80. The minimum Gasteiger partial charge on any atom is -0.325 e. The van der Waals surface area contributed by atoms with Crippen LogP contribution in [0.25, 0.3) is 0 Å². The van der Waals surface area contributed by atoms with Gasteiger partial charge in [0.25, 0.3) is 0 Å². The first-order chi connectivity index (χ1) is 13.9. The molecule has 152 valence electrons. The first-order valence-electron chi connectivity index (χ1n) is 9.78. The number of hydrogen-bond donors (Lipinski definition) is 1. The van der Waals surface area contributed by atoms with E-state index in [-0.39, 0.29) is 17.5 Å². The summed E-state index contributed by atoms with van der Waals surface area (Å²) in [6, 6.07) is 15.1.